The molecule has 1 aromatic rings. The van der Waals surface area contributed by atoms with Crippen molar-refractivity contribution < 1.29 is 0 Å². The first-order valence-corrected chi connectivity index (χ1v) is 7.73. The summed E-state index contributed by atoms with van der Waals surface area (Å²) >= 11 is 3.46. The summed E-state index contributed by atoms with van der Waals surface area (Å²) in [7, 11) is 0. The molecule has 0 aromatic heterocycles. The minimum atomic E-state index is 0.562. The average Bonchev–Trinajstić information content (AvgIpc) is 2.39. The van der Waals surface area contributed by atoms with Crippen molar-refractivity contribution in [3.8, 4) is 0 Å². The number of nitrogens with zero attached hydrogens (tertiary/aromatic N) is 1. The lowest BCUT2D eigenvalue weighted by molar-refractivity contribution is 0.209. The van der Waals surface area contributed by atoms with Crippen LogP contribution in [0.25, 0.3) is 0 Å². The van der Waals surface area contributed by atoms with Crippen LogP contribution in [-0.4, -0.2) is 30.6 Å². The Hall–Kier alpha value is -0.380. The standard InChI is InChI=1S/C15H23BrN2/c1-13(12-18-9-3-2-4-10-18)17-11-14-5-7-15(16)8-6-14/h5-8,13,17H,2-4,9-12H2,1H3. The number of nitrogens with one attached hydrogen (secondary N) is 1. The van der Waals surface area contributed by atoms with E-state index in [1.165, 1.54) is 44.5 Å². The van der Waals surface area contributed by atoms with E-state index >= 15 is 0 Å². The molecular formula is C15H23BrN2. The Morgan fingerprint density at radius 3 is 2.50 bits per heavy atom. The molecule has 0 amide bonds. The van der Waals surface area contributed by atoms with Gasteiger partial charge in [-0.1, -0.05) is 34.5 Å². The maximum Gasteiger partial charge on any atom is 0.0208 e. The number of hydrogen-bond acceptors (Lipinski definition) is 2. The first-order chi connectivity index (χ1) is 8.74. The van der Waals surface area contributed by atoms with Crippen molar-refractivity contribution in [1.29, 1.82) is 0 Å². The molecule has 1 N–H and O–H groups in total. The maximum atomic E-state index is 3.61. The number of benzene rings is 1. The molecular weight excluding hydrogens is 288 g/mol. The third-order valence-corrected chi connectivity index (χ3v) is 4.08. The van der Waals surface area contributed by atoms with E-state index in [9.17, 15) is 0 Å². The van der Waals surface area contributed by atoms with Crippen molar-refractivity contribution in [3.05, 3.63) is 34.3 Å². The summed E-state index contributed by atoms with van der Waals surface area (Å²) in [6, 6.07) is 9.11. The highest BCUT2D eigenvalue weighted by molar-refractivity contribution is 9.10. The number of rotatable bonds is 5. The summed E-state index contributed by atoms with van der Waals surface area (Å²) in [6.07, 6.45) is 4.16. The Kier molecular flexibility index (Phi) is 5.67. The Labute approximate surface area is 119 Å². The van der Waals surface area contributed by atoms with E-state index in [1.807, 2.05) is 0 Å². The van der Waals surface area contributed by atoms with Gasteiger partial charge in [0.2, 0.25) is 0 Å². The second-order valence-corrected chi connectivity index (χ2v) is 6.19. The second kappa shape index (κ2) is 7.27. The second-order valence-electron chi connectivity index (χ2n) is 5.27. The molecule has 3 heteroatoms. The molecule has 0 bridgehead atoms. The van der Waals surface area contributed by atoms with Crippen molar-refractivity contribution in [3.63, 3.8) is 0 Å². The van der Waals surface area contributed by atoms with Gasteiger partial charge in [0, 0.05) is 23.6 Å². The highest BCUT2D eigenvalue weighted by atomic mass is 79.9. The third kappa shape index (κ3) is 4.71. The average molecular weight is 311 g/mol. The number of piperidine rings is 1. The molecule has 0 radical (unpaired) electrons. The zero-order chi connectivity index (χ0) is 12.8. The van der Waals surface area contributed by atoms with Gasteiger partial charge in [-0.3, -0.25) is 0 Å². The summed E-state index contributed by atoms with van der Waals surface area (Å²) in [6.45, 7) is 6.99. The number of halogens is 1. The lowest BCUT2D eigenvalue weighted by atomic mass is 10.1. The molecule has 1 atom stereocenters. The van der Waals surface area contributed by atoms with Crippen molar-refractivity contribution >= 4 is 15.9 Å². The fourth-order valence-electron chi connectivity index (χ4n) is 2.49. The molecule has 2 rings (SSSR count). The molecule has 0 saturated carbocycles. The normalized spacial score (nSPS) is 18.8. The van der Waals surface area contributed by atoms with Gasteiger partial charge in [0.05, 0.1) is 0 Å². The Morgan fingerprint density at radius 1 is 1.17 bits per heavy atom. The summed E-state index contributed by atoms with van der Waals surface area (Å²) in [5, 5.41) is 3.61. The molecule has 1 heterocycles. The fourth-order valence-corrected chi connectivity index (χ4v) is 2.75. The Balaban J connectivity index is 1.70. The van der Waals surface area contributed by atoms with Crippen LogP contribution in [0.15, 0.2) is 28.7 Å². The van der Waals surface area contributed by atoms with E-state index < -0.39 is 0 Å². The van der Waals surface area contributed by atoms with E-state index in [-0.39, 0.29) is 0 Å². The van der Waals surface area contributed by atoms with Crippen LogP contribution < -0.4 is 5.32 Å². The highest BCUT2D eigenvalue weighted by Crippen LogP contribution is 2.11. The van der Waals surface area contributed by atoms with Crippen LogP contribution in [0.2, 0.25) is 0 Å². The highest BCUT2D eigenvalue weighted by Gasteiger charge is 2.12. The predicted molar refractivity (Wildman–Crippen MR) is 80.7 cm³/mol. The predicted octanol–water partition coefficient (Wildman–Crippen LogP) is 3.41. The minimum Gasteiger partial charge on any atom is -0.309 e. The molecule has 0 spiro atoms. The monoisotopic (exact) mass is 310 g/mol. The van der Waals surface area contributed by atoms with Crippen LogP contribution >= 0.6 is 15.9 Å². The zero-order valence-corrected chi connectivity index (χ0v) is 12.7. The zero-order valence-electron chi connectivity index (χ0n) is 11.2. The minimum absolute atomic E-state index is 0.562. The van der Waals surface area contributed by atoms with Crippen LogP contribution in [0.5, 0.6) is 0 Å². The first kappa shape index (κ1) is 14.0. The third-order valence-electron chi connectivity index (χ3n) is 3.55. The molecule has 1 fully saturated rings. The summed E-state index contributed by atoms with van der Waals surface area (Å²) in [4.78, 5) is 2.59. The molecule has 1 aliphatic heterocycles. The largest absolute Gasteiger partial charge is 0.309 e. The fraction of sp³-hybridized carbons (Fsp3) is 0.600. The molecule has 1 unspecified atom stereocenters. The van der Waals surface area contributed by atoms with Crippen LogP contribution in [0.3, 0.4) is 0 Å². The lowest BCUT2D eigenvalue weighted by Gasteiger charge is -2.29. The molecule has 1 aromatic carbocycles. The Bertz CT molecular complexity index is 344. The van der Waals surface area contributed by atoms with Crippen LogP contribution in [0.1, 0.15) is 31.7 Å². The van der Waals surface area contributed by atoms with Gasteiger partial charge < -0.3 is 10.2 Å². The van der Waals surface area contributed by atoms with Gasteiger partial charge in [-0.25, -0.2) is 0 Å². The topological polar surface area (TPSA) is 15.3 Å². The number of hydrogen-bond donors (Lipinski definition) is 1. The first-order valence-electron chi connectivity index (χ1n) is 6.94. The maximum absolute atomic E-state index is 3.61. The molecule has 18 heavy (non-hydrogen) atoms. The van der Waals surface area contributed by atoms with Crippen LogP contribution in [0, 0.1) is 0 Å². The summed E-state index contributed by atoms with van der Waals surface area (Å²) < 4.78 is 1.15. The van der Waals surface area contributed by atoms with Crippen LogP contribution in [0.4, 0.5) is 0 Å². The van der Waals surface area contributed by atoms with E-state index in [1.54, 1.807) is 0 Å². The van der Waals surface area contributed by atoms with Gasteiger partial charge in [-0.2, -0.15) is 0 Å². The van der Waals surface area contributed by atoms with E-state index in [0.717, 1.165) is 11.0 Å². The van der Waals surface area contributed by atoms with Crippen molar-refractivity contribution in [2.75, 3.05) is 19.6 Å². The van der Waals surface area contributed by atoms with Crippen LogP contribution in [-0.2, 0) is 6.54 Å². The van der Waals surface area contributed by atoms with Gasteiger partial charge in [0.25, 0.3) is 0 Å². The van der Waals surface area contributed by atoms with Gasteiger partial charge in [-0.05, 0) is 50.6 Å². The summed E-state index contributed by atoms with van der Waals surface area (Å²) in [5.41, 5.74) is 1.35. The molecule has 1 aliphatic rings. The van der Waals surface area contributed by atoms with Crippen molar-refractivity contribution in [2.24, 2.45) is 0 Å². The molecule has 1 saturated heterocycles. The van der Waals surface area contributed by atoms with E-state index in [0.29, 0.717) is 6.04 Å². The smallest absolute Gasteiger partial charge is 0.0208 e. The van der Waals surface area contributed by atoms with E-state index in [2.05, 4.69) is 57.3 Å². The van der Waals surface area contributed by atoms with Crippen molar-refractivity contribution in [1.82, 2.24) is 10.2 Å². The van der Waals surface area contributed by atoms with E-state index in [4.69, 9.17) is 0 Å². The van der Waals surface area contributed by atoms with Gasteiger partial charge in [0.15, 0.2) is 0 Å². The lowest BCUT2D eigenvalue weighted by Crippen LogP contribution is -2.41. The molecule has 0 aliphatic carbocycles. The molecule has 100 valence electrons. The molecule has 2 nitrogen and oxygen atoms in total. The SMILES string of the molecule is CC(CN1CCCCC1)NCc1ccc(Br)cc1. The van der Waals surface area contributed by atoms with Gasteiger partial charge in [0.1, 0.15) is 0 Å². The number of likely N-dealkylation sites (tertiary alicyclic amines) is 1. The van der Waals surface area contributed by atoms with Gasteiger partial charge in [-0.15, -0.1) is 0 Å². The summed E-state index contributed by atoms with van der Waals surface area (Å²) in [5.74, 6) is 0. The quantitative estimate of drug-likeness (QED) is 0.896. The van der Waals surface area contributed by atoms with Gasteiger partial charge >= 0.3 is 0 Å². The van der Waals surface area contributed by atoms with Crippen molar-refractivity contribution in [2.45, 2.75) is 38.8 Å². The Morgan fingerprint density at radius 2 is 1.83 bits per heavy atom.